The van der Waals surface area contributed by atoms with Crippen LogP contribution in [0.5, 0.6) is 0 Å². The van der Waals surface area contributed by atoms with E-state index in [1.54, 1.807) is 0 Å². The summed E-state index contributed by atoms with van der Waals surface area (Å²) < 4.78 is 13.4. The lowest BCUT2D eigenvalue weighted by molar-refractivity contribution is -0.00153. The lowest BCUT2D eigenvalue weighted by Crippen LogP contribution is -2.22. The van der Waals surface area contributed by atoms with E-state index in [-0.39, 0.29) is 11.5 Å². The Morgan fingerprint density at radius 1 is 1.19 bits per heavy atom. The highest BCUT2D eigenvalue weighted by atomic mass is 16.5. The summed E-state index contributed by atoms with van der Waals surface area (Å²) in [4.78, 5) is 4.48. The summed E-state index contributed by atoms with van der Waals surface area (Å²) in [5.74, 6) is 1.05. The first kappa shape index (κ1) is 16.9. The van der Waals surface area contributed by atoms with E-state index >= 15 is 0 Å². The van der Waals surface area contributed by atoms with Gasteiger partial charge in [-0.1, -0.05) is 54.9 Å². The van der Waals surface area contributed by atoms with Crippen LogP contribution in [-0.2, 0) is 23.3 Å². The van der Waals surface area contributed by atoms with Gasteiger partial charge in [0.2, 0.25) is 0 Å². The van der Waals surface area contributed by atoms with Gasteiger partial charge in [0, 0.05) is 5.41 Å². The third-order valence-corrected chi connectivity index (χ3v) is 4.67. The van der Waals surface area contributed by atoms with Gasteiger partial charge in [0.05, 0.1) is 18.8 Å². The number of ether oxygens (including phenoxy) is 1. The molecule has 4 rings (SSSR count). The highest BCUT2D eigenvalue weighted by Crippen LogP contribution is 2.32. The molecule has 0 aliphatic carbocycles. The van der Waals surface area contributed by atoms with Crippen LogP contribution in [0.15, 0.2) is 22.7 Å². The van der Waals surface area contributed by atoms with Crippen LogP contribution in [0, 0.1) is 13.8 Å². The predicted octanol–water partition coefficient (Wildman–Crippen LogP) is 3.51. The molecular formula is C19H23N5O2. The monoisotopic (exact) mass is 353 g/mol. The average Bonchev–Trinajstić information content (AvgIpc) is 3.20. The largest absolute Gasteiger partial charge is 0.365 e. The number of hydrogen-bond acceptors (Lipinski definition) is 6. The summed E-state index contributed by atoms with van der Waals surface area (Å²) in [5.41, 5.74) is 4.95. The maximum Gasteiger partial charge on any atom is 0.280 e. The van der Waals surface area contributed by atoms with Crippen molar-refractivity contribution in [1.82, 2.24) is 25.1 Å². The zero-order valence-electron chi connectivity index (χ0n) is 15.8. The maximum absolute atomic E-state index is 6.12. The first-order valence-electron chi connectivity index (χ1n) is 8.78. The van der Waals surface area contributed by atoms with Crippen LogP contribution >= 0.6 is 0 Å². The quantitative estimate of drug-likeness (QED) is 0.701. The molecule has 1 atom stereocenters. The molecule has 0 bridgehead atoms. The summed E-state index contributed by atoms with van der Waals surface area (Å²) in [5, 5.41) is 12.6. The van der Waals surface area contributed by atoms with Gasteiger partial charge in [-0.05, 0) is 25.0 Å². The van der Waals surface area contributed by atoms with Gasteiger partial charge in [-0.25, -0.2) is 4.68 Å². The molecule has 0 fully saturated rings. The molecule has 26 heavy (non-hydrogen) atoms. The number of fused-ring (bicyclic) bond motifs is 1. The molecule has 7 nitrogen and oxygen atoms in total. The number of rotatable bonds is 2. The molecule has 7 heteroatoms. The SMILES string of the molecule is Cc1ccc([C@H]2Cn3nnc(-c4nc(C(C)(C)C)no4)c3CO2)c(C)c1. The van der Waals surface area contributed by atoms with E-state index in [2.05, 4.69) is 52.5 Å². The van der Waals surface area contributed by atoms with Crippen molar-refractivity contribution < 1.29 is 9.26 Å². The van der Waals surface area contributed by atoms with E-state index in [1.807, 2.05) is 25.5 Å². The van der Waals surface area contributed by atoms with Crippen molar-refractivity contribution in [1.29, 1.82) is 0 Å². The predicted molar refractivity (Wildman–Crippen MR) is 95.5 cm³/mol. The van der Waals surface area contributed by atoms with Gasteiger partial charge in [-0.2, -0.15) is 4.98 Å². The molecule has 0 saturated heterocycles. The Labute approximate surface area is 152 Å². The fourth-order valence-electron chi connectivity index (χ4n) is 3.18. The van der Waals surface area contributed by atoms with Gasteiger partial charge in [-0.3, -0.25) is 0 Å². The van der Waals surface area contributed by atoms with Crippen molar-refractivity contribution in [3.8, 4) is 11.6 Å². The second-order valence-corrected chi connectivity index (χ2v) is 7.90. The minimum absolute atomic E-state index is 0.0366. The first-order valence-corrected chi connectivity index (χ1v) is 8.78. The second kappa shape index (κ2) is 6.02. The smallest absolute Gasteiger partial charge is 0.280 e. The van der Waals surface area contributed by atoms with Crippen LogP contribution in [0.25, 0.3) is 11.6 Å². The summed E-state index contributed by atoms with van der Waals surface area (Å²) in [6, 6.07) is 6.42. The normalized spacial score (nSPS) is 17.3. The minimum atomic E-state index is -0.181. The molecule has 0 saturated carbocycles. The third kappa shape index (κ3) is 2.92. The molecule has 1 aliphatic rings. The van der Waals surface area contributed by atoms with Crippen LogP contribution < -0.4 is 0 Å². The Morgan fingerprint density at radius 2 is 2.00 bits per heavy atom. The summed E-state index contributed by atoms with van der Waals surface area (Å²) in [6.07, 6.45) is -0.0366. The number of benzene rings is 1. The lowest BCUT2D eigenvalue weighted by Gasteiger charge is -2.25. The van der Waals surface area contributed by atoms with Crippen molar-refractivity contribution >= 4 is 0 Å². The van der Waals surface area contributed by atoms with Crippen molar-refractivity contribution in [2.24, 2.45) is 0 Å². The molecule has 1 aromatic carbocycles. The van der Waals surface area contributed by atoms with Gasteiger partial charge < -0.3 is 9.26 Å². The van der Waals surface area contributed by atoms with E-state index in [0.29, 0.717) is 30.6 Å². The Balaban J connectivity index is 1.62. The van der Waals surface area contributed by atoms with Crippen LogP contribution in [0.4, 0.5) is 0 Å². The summed E-state index contributed by atoms with van der Waals surface area (Å²) >= 11 is 0. The van der Waals surface area contributed by atoms with Crippen LogP contribution in [0.3, 0.4) is 0 Å². The fraction of sp³-hybridized carbons (Fsp3) is 0.474. The summed E-state index contributed by atoms with van der Waals surface area (Å²) in [7, 11) is 0. The van der Waals surface area contributed by atoms with Gasteiger partial charge in [0.15, 0.2) is 11.5 Å². The van der Waals surface area contributed by atoms with E-state index in [9.17, 15) is 0 Å². The first-order chi connectivity index (χ1) is 12.3. The van der Waals surface area contributed by atoms with E-state index in [0.717, 1.165) is 5.69 Å². The van der Waals surface area contributed by atoms with Crippen LogP contribution in [0.1, 0.15) is 55.1 Å². The van der Waals surface area contributed by atoms with Crippen molar-refractivity contribution in [3.63, 3.8) is 0 Å². The van der Waals surface area contributed by atoms with Crippen LogP contribution in [0.2, 0.25) is 0 Å². The Kier molecular flexibility index (Phi) is 3.91. The molecular weight excluding hydrogens is 330 g/mol. The minimum Gasteiger partial charge on any atom is -0.365 e. The van der Waals surface area contributed by atoms with Crippen molar-refractivity contribution in [3.05, 3.63) is 46.4 Å². The third-order valence-electron chi connectivity index (χ3n) is 4.67. The zero-order chi connectivity index (χ0) is 18.5. The number of nitrogens with zero attached hydrogens (tertiary/aromatic N) is 5. The molecule has 136 valence electrons. The second-order valence-electron chi connectivity index (χ2n) is 7.90. The van der Waals surface area contributed by atoms with Crippen molar-refractivity contribution in [2.45, 2.75) is 59.3 Å². The molecule has 0 unspecified atom stereocenters. The molecule has 0 spiro atoms. The Hall–Kier alpha value is -2.54. The molecule has 3 heterocycles. The molecule has 0 N–H and O–H groups in total. The van der Waals surface area contributed by atoms with Gasteiger partial charge in [0.1, 0.15) is 6.10 Å². The molecule has 2 aromatic heterocycles. The number of aromatic nitrogens is 5. The zero-order valence-corrected chi connectivity index (χ0v) is 15.8. The molecule has 3 aromatic rings. The topological polar surface area (TPSA) is 78.9 Å². The van der Waals surface area contributed by atoms with E-state index in [4.69, 9.17) is 9.26 Å². The standard InChI is InChI=1S/C19H23N5O2/c1-11-6-7-13(12(2)8-11)15-9-24-14(10-25-15)16(21-23-24)17-20-18(22-26-17)19(3,4)5/h6-8,15H,9-10H2,1-5H3/t15-/m1/s1. The Bertz CT molecular complexity index is 951. The van der Waals surface area contributed by atoms with Gasteiger partial charge in [-0.15, -0.1) is 5.10 Å². The number of hydrogen-bond donors (Lipinski definition) is 0. The molecule has 0 amide bonds. The van der Waals surface area contributed by atoms with Gasteiger partial charge in [0.25, 0.3) is 5.89 Å². The van der Waals surface area contributed by atoms with E-state index in [1.165, 1.54) is 16.7 Å². The van der Waals surface area contributed by atoms with Crippen LogP contribution in [-0.4, -0.2) is 25.1 Å². The highest BCUT2D eigenvalue weighted by Gasteiger charge is 2.29. The van der Waals surface area contributed by atoms with Gasteiger partial charge >= 0.3 is 0 Å². The number of aryl methyl sites for hydroxylation is 2. The fourth-order valence-corrected chi connectivity index (χ4v) is 3.18. The molecule has 1 aliphatic heterocycles. The molecule has 0 radical (unpaired) electrons. The Morgan fingerprint density at radius 3 is 2.69 bits per heavy atom. The van der Waals surface area contributed by atoms with Crippen molar-refractivity contribution in [2.75, 3.05) is 0 Å². The maximum atomic E-state index is 6.12. The lowest BCUT2D eigenvalue weighted by atomic mass is 9.96. The highest BCUT2D eigenvalue weighted by molar-refractivity contribution is 5.50. The summed E-state index contributed by atoms with van der Waals surface area (Å²) in [6.45, 7) is 11.4. The van der Waals surface area contributed by atoms with E-state index < -0.39 is 0 Å². The average molecular weight is 353 g/mol.